The van der Waals surface area contributed by atoms with Gasteiger partial charge in [-0.25, -0.2) is 14.7 Å². The molecular formula is C17H17N3O2S. The number of hydrogen-bond donors (Lipinski definition) is 1. The third-order valence-corrected chi connectivity index (χ3v) is 3.75. The fraction of sp³-hybridized carbons (Fsp3) is 0.235. The Morgan fingerprint density at radius 1 is 1.26 bits per heavy atom. The maximum atomic E-state index is 12.7. The van der Waals surface area contributed by atoms with Gasteiger partial charge in [-0.05, 0) is 31.5 Å². The first-order chi connectivity index (χ1) is 11.1. The second-order valence-corrected chi connectivity index (χ2v) is 5.92. The van der Waals surface area contributed by atoms with Gasteiger partial charge in [-0.3, -0.25) is 0 Å². The fourth-order valence-corrected chi connectivity index (χ4v) is 2.86. The van der Waals surface area contributed by atoms with Crippen LogP contribution in [0.25, 0.3) is 0 Å². The number of benzene rings is 1. The van der Waals surface area contributed by atoms with Gasteiger partial charge in [0.05, 0.1) is 11.8 Å². The van der Waals surface area contributed by atoms with Gasteiger partial charge in [-0.2, -0.15) is 0 Å². The normalized spacial score (nSPS) is 16.7. The molecule has 23 heavy (non-hydrogen) atoms. The number of amides is 1. The Bertz CT molecular complexity index is 734. The number of hydrogen-bond acceptors (Lipinski definition) is 4. The lowest BCUT2D eigenvalue weighted by Crippen LogP contribution is -2.45. The molecule has 1 amide bonds. The molecule has 0 fully saturated rings. The van der Waals surface area contributed by atoms with E-state index in [1.165, 1.54) is 4.90 Å². The van der Waals surface area contributed by atoms with Crippen molar-refractivity contribution in [3.8, 4) is 0 Å². The van der Waals surface area contributed by atoms with Crippen LogP contribution in [0.2, 0.25) is 0 Å². The summed E-state index contributed by atoms with van der Waals surface area (Å²) in [4.78, 5) is 19.1. The first-order valence-corrected chi connectivity index (χ1v) is 7.79. The molecule has 1 N–H and O–H groups in total. The largest absolute Gasteiger partial charge is 0.446 e. The van der Waals surface area contributed by atoms with E-state index in [4.69, 9.17) is 17.0 Å². The van der Waals surface area contributed by atoms with Gasteiger partial charge in [-0.15, -0.1) is 0 Å². The number of carbonyl (C=O) groups is 1. The summed E-state index contributed by atoms with van der Waals surface area (Å²) in [5.41, 5.74) is 1.60. The summed E-state index contributed by atoms with van der Waals surface area (Å²) >= 11 is 5.51. The SMILES string of the molecule is CC(C)OC(=O)N1c2ncccc2NC(=S)[C@H]1c1ccccc1. The van der Waals surface area contributed by atoms with Gasteiger partial charge in [0, 0.05) is 6.20 Å². The standard InChI is InChI=1S/C17H17N3O2S/c1-11(2)22-17(21)20-14(12-7-4-3-5-8-12)16(23)19-13-9-6-10-18-15(13)20/h3-11,14H,1-2H3,(H,19,23)/t14-/m1/s1. The van der Waals surface area contributed by atoms with Gasteiger partial charge in [0.2, 0.25) is 0 Å². The molecule has 0 unspecified atom stereocenters. The molecule has 0 saturated carbocycles. The number of anilines is 2. The highest BCUT2D eigenvalue weighted by Crippen LogP contribution is 2.37. The topological polar surface area (TPSA) is 54.5 Å². The predicted molar refractivity (Wildman–Crippen MR) is 93.7 cm³/mol. The average molecular weight is 327 g/mol. The number of carbonyl (C=O) groups excluding carboxylic acids is 1. The Morgan fingerprint density at radius 2 is 2.00 bits per heavy atom. The average Bonchev–Trinajstić information content (AvgIpc) is 2.53. The smallest absolute Gasteiger partial charge is 0.416 e. The first-order valence-electron chi connectivity index (χ1n) is 7.38. The second-order valence-electron chi connectivity index (χ2n) is 5.48. The molecule has 1 aromatic heterocycles. The number of ether oxygens (including phenoxy) is 1. The quantitative estimate of drug-likeness (QED) is 0.847. The van der Waals surface area contributed by atoms with Crippen molar-refractivity contribution in [2.24, 2.45) is 0 Å². The van der Waals surface area contributed by atoms with E-state index >= 15 is 0 Å². The van der Waals surface area contributed by atoms with Crippen LogP contribution in [-0.4, -0.2) is 22.2 Å². The van der Waals surface area contributed by atoms with Crippen molar-refractivity contribution < 1.29 is 9.53 Å². The fourth-order valence-electron chi connectivity index (χ4n) is 2.51. The van der Waals surface area contributed by atoms with Crippen LogP contribution in [0, 0.1) is 0 Å². The van der Waals surface area contributed by atoms with Crippen molar-refractivity contribution in [1.29, 1.82) is 0 Å². The molecule has 118 valence electrons. The lowest BCUT2D eigenvalue weighted by molar-refractivity contribution is 0.121. The molecule has 6 heteroatoms. The summed E-state index contributed by atoms with van der Waals surface area (Å²) in [5.74, 6) is 0.514. The molecule has 0 radical (unpaired) electrons. The van der Waals surface area contributed by atoms with Crippen molar-refractivity contribution in [2.45, 2.75) is 26.0 Å². The molecule has 1 atom stereocenters. The van der Waals surface area contributed by atoms with Crippen LogP contribution in [0.1, 0.15) is 25.5 Å². The number of fused-ring (bicyclic) bond motifs is 1. The Kier molecular flexibility index (Phi) is 4.25. The third-order valence-electron chi connectivity index (χ3n) is 3.43. The highest BCUT2D eigenvalue weighted by Gasteiger charge is 2.37. The number of nitrogens with zero attached hydrogens (tertiary/aromatic N) is 2. The Labute approximate surface area is 140 Å². The van der Waals surface area contributed by atoms with Gasteiger partial charge in [-0.1, -0.05) is 42.5 Å². The molecule has 1 aliphatic heterocycles. The molecule has 2 heterocycles. The zero-order valence-corrected chi connectivity index (χ0v) is 13.7. The lowest BCUT2D eigenvalue weighted by atomic mass is 10.0. The van der Waals surface area contributed by atoms with E-state index in [9.17, 15) is 4.79 Å². The molecule has 0 bridgehead atoms. The minimum atomic E-state index is -0.461. The van der Waals surface area contributed by atoms with E-state index in [0.717, 1.165) is 5.56 Å². The summed E-state index contributed by atoms with van der Waals surface area (Å²) in [5, 5.41) is 3.17. The van der Waals surface area contributed by atoms with E-state index in [-0.39, 0.29) is 6.10 Å². The van der Waals surface area contributed by atoms with E-state index in [1.807, 2.05) is 50.2 Å². The van der Waals surface area contributed by atoms with Crippen LogP contribution in [-0.2, 0) is 4.74 Å². The molecule has 0 saturated heterocycles. The molecule has 3 rings (SSSR count). The van der Waals surface area contributed by atoms with Crippen molar-refractivity contribution in [3.05, 3.63) is 54.2 Å². The number of nitrogens with one attached hydrogen (secondary N) is 1. The van der Waals surface area contributed by atoms with Crippen LogP contribution >= 0.6 is 12.2 Å². The molecule has 2 aromatic rings. The molecule has 1 aliphatic rings. The van der Waals surface area contributed by atoms with E-state index in [2.05, 4.69) is 10.3 Å². The maximum absolute atomic E-state index is 12.7. The van der Waals surface area contributed by atoms with Crippen molar-refractivity contribution in [3.63, 3.8) is 0 Å². The lowest BCUT2D eigenvalue weighted by Gasteiger charge is -2.36. The van der Waals surface area contributed by atoms with Crippen LogP contribution in [0.5, 0.6) is 0 Å². The summed E-state index contributed by atoms with van der Waals surface area (Å²) in [7, 11) is 0. The van der Waals surface area contributed by atoms with Gasteiger partial charge in [0.25, 0.3) is 0 Å². The van der Waals surface area contributed by atoms with Gasteiger partial charge in [0.1, 0.15) is 11.0 Å². The molecule has 5 nitrogen and oxygen atoms in total. The van der Waals surface area contributed by atoms with Gasteiger partial charge in [0.15, 0.2) is 5.82 Å². The first kappa shape index (κ1) is 15.4. The zero-order valence-electron chi connectivity index (χ0n) is 12.9. The summed E-state index contributed by atoms with van der Waals surface area (Å²) in [6.07, 6.45) is 0.958. The Morgan fingerprint density at radius 3 is 2.70 bits per heavy atom. The minimum Gasteiger partial charge on any atom is -0.446 e. The summed E-state index contributed by atoms with van der Waals surface area (Å²) in [6.45, 7) is 3.63. The number of pyridine rings is 1. The van der Waals surface area contributed by atoms with Crippen molar-refractivity contribution in [2.75, 3.05) is 10.2 Å². The van der Waals surface area contributed by atoms with Crippen molar-refractivity contribution in [1.82, 2.24) is 4.98 Å². The summed E-state index contributed by atoms with van der Waals surface area (Å²) < 4.78 is 5.41. The number of rotatable bonds is 2. The van der Waals surface area contributed by atoms with Crippen molar-refractivity contribution >= 4 is 34.8 Å². The van der Waals surface area contributed by atoms with E-state index in [1.54, 1.807) is 12.3 Å². The van der Waals surface area contributed by atoms with Crippen LogP contribution in [0.3, 0.4) is 0 Å². The molecule has 1 aromatic carbocycles. The molecule has 0 aliphatic carbocycles. The Hall–Kier alpha value is -2.47. The second kappa shape index (κ2) is 6.34. The highest BCUT2D eigenvalue weighted by atomic mass is 32.1. The predicted octanol–water partition coefficient (Wildman–Crippen LogP) is 3.93. The number of thiocarbonyl (C=S) groups is 1. The van der Waals surface area contributed by atoms with Gasteiger partial charge < -0.3 is 10.1 Å². The van der Waals surface area contributed by atoms with Crippen LogP contribution < -0.4 is 10.2 Å². The highest BCUT2D eigenvalue weighted by molar-refractivity contribution is 7.80. The van der Waals surface area contributed by atoms with Crippen LogP contribution in [0.4, 0.5) is 16.3 Å². The Balaban J connectivity index is 2.10. The van der Waals surface area contributed by atoms with E-state index < -0.39 is 12.1 Å². The maximum Gasteiger partial charge on any atom is 0.416 e. The third kappa shape index (κ3) is 3.03. The zero-order chi connectivity index (χ0) is 16.4. The van der Waals surface area contributed by atoms with Gasteiger partial charge >= 0.3 is 6.09 Å². The summed E-state index contributed by atoms with van der Waals surface area (Å²) in [6, 6.07) is 12.8. The van der Waals surface area contributed by atoms with E-state index in [0.29, 0.717) is 16.5 Å². The molecule has 0 spiro atoms. The minimum absolute atomic E-state index is 0.227. The monoisotopic (exact) mass is 327 g/mol. The number of aromatic nitrogens is 1. The van der Waals surface area contributed by atoms with Crippen LogP contribution in [0.15, 0.2) is 48.7 Å². The molecular weight excluding hydrogens is 310 g/mol.